The number of ether oxygens (including phenoxy) is 3. The molecule has 120 valence electrons. The summed E-state index contributed by atoms with van der Waals surface area (Å²) in [6.07, 6.45) is 1.96. The van der Waals surface area contributed by atoms with Gasteiger partial charge in [-0.2, -0.15) is 0 Å². The van der Waals surface area contributed by atoms with Crippen molar-refractivity contribution in [1.82, 2.24) is 5.32 Å². The Kier molecular flexibility index (Phi) is 8.87. The van der Waals surface area contributed by atoms with Crippen molar-refractivity contribution in [3.05, 3.63) is 23.8 Å². The molecule has 0 bridgehead atoms. The summed E-state index contributed by atoms with van der Waals surface area (Å²) in [7, 11) is 1.94. The summed E-state index contributed by atoms with van der Waals surface area (Å²) >= 11 is 0. The number of hydrogen-bond acceptors (Lipinski definition) is 4. The molecular weight excluding hydrogens is 266 g/mol. The number of nitrogens with one attached hydrogen (secondary N) is 1. The van der Waals surface area contributed by atoms with Crippen LogP contribution in [-0.4, -0.2) is 33.5 Å². The summed E-state index contributed by atoms with van der Waals surface area (Å²) in [4.78, 5) is 0. The third kappa shape index (κ3) is 5.94. The fourth-order valence-electron chi connectivity index (χ4n) is 1.98. The van der Waals surface area contributed by atoms with Crippen molar-refractivity contribution < 1.29 is 14.2 Å². The smallest absolute Gasteiger partial charge is 0.161 e. The predicted molar refractivity (Wildman–Crippen MR) is 86.3 cm³/mol. The Hall–Kier alpha value is -1.26. The highest BCUT2D eigenvalue weighted by molar-refractivity contribution is 5.44. The highest BCUT2D eigenvalue weighted by Crippen LogP contribution is 2.31. The van der Waals surface area contributed by atoms with Crippen molar-refractivity contribution in [2.45, 2.75) is 39.7 Å². The van der Waals surface area contributed by atoms with Gasteiger partial charge in [-0.05, 0) is 44.5 Å². The SMILES string of the molecule is CCCOc1ccc(C(COCC)NC)cc1OCCC. The number of hydrogen-bond donors (Lipinski definition) is 1. The van der Waals surface area contributed by atoms with E-state index in [-0.39, 0.29) is 6.04 Å². The molecule has 1 N–H and O–H groups in total. The molecule has 4 nitrogen and oxygen atoms in total. The van der Waals surface area contributed by atoms with E-state index in [0.29, 0.717) is 19.8 Å². The fourth-order valence-corrected chi connectivity index (χ4v) is 1.98. The van der Waals surface area contributed by atoms with Gasteiger partial charge in [0.1, 0.15) is 0 Å². The highest BCUT2D eigenvalue weighted by Gasteiger charge is 2.13. The maximum absolute atomic E-state index is 5.83. The molecule has 21 heavy (non-hydrogen) atoms. The van der Waals surface area contributed by atoms with Gasteiger partial charge in [-0.15, -0.1) is 0 Å². The van der Waals surface area contributed by atoms with Crippen LogP contribution in [0.2, 0.25) is 0 Å². The molecule has 1 unspecified atom stereocenters. The van der Waals surface area contributed by atoms with Crippen molar-refractivity contribution in [2.75, 3.05) is 33.5 Å². The molecule has 0 radical (unpaired) electrons. The van der Waals surface area contributed by atoms with Crippen molar-refractivity contribution >= 4 is 0 Å². The zero-order valence-electron chi connectivity index (χ0n) is 13.8. The average Bonchev–Trinajstić information content (AvgIpc) is 2.52. The minimum atomic E-state index is 0.161. The molecule has 0 saturated heterocycles. The Balaban J connectivity index is 2.89. The lowest BCUT2D eigenvalue weighted by molar-refractivity contribution is 0.125. The van der Waals surface area contributed by atoms with E-state index < -0.39 is 0 Å². The van der Waals surface area contributed by atoms with Crippen molar-refractivity contribution in [3.63, 3.8) is 0 Å². The second-order valence-electron chi connectivity index (χ2n) is 4.90. The van der Waals surface area contributed by atoms with E-state index >= 15 is 0 Å². The summed E-state index contributed by atoms with van der Waals surface area (Å²) in [5, 5.41) is 3.28. The van der Waals surface area contributed by atoms with Crippen LogP contribution in [0, 0.1) is 0 Å². The molecule has 0 spiro atoms. The standard InChI is InChI=1S/C17H29NO3/c1-5-10-20-16-9-8-14(12-17(16)21-11-6-2)15(18-4)13-19-7-3/h8-9,12,15,18H,5-7,10-11,13H2,1-4H3. The summed E-state index contributed by atoms with van der Waals surface area (Å²) < 4.78 is 17.1. The topological polar surface area (TPSA) is 39.7 Å². The first-order valence-corrected chi connectivity index (χ1v) is 7.91. The molecule has 0 fully saturated rings. The van der Waals surface area contributed by atoms with E-state index in [4.69, 9.17) is 14.2 Å². The first kappa shape index (κ1) is 17.8. The van der Waals surface area contributed by atoms with Gasteiger partial charge in [0.05, 0.1) is 25.9 Å². The normalized spacial score (nSPS) is 12.2. The molecule has 0 amide bonds. The minimum Gasteiger partial charge on any atom is -0.490 e. The molecule has 1 rings (SSSR count). The van der Waals surface area contributed by atoms with Crippen LogP contribution in [0.1, 0.15) is 45.2 Å². The molecule has 1 aromatic carbocycles. The minimum absolute atomic E-state index is 0.161. The second-order valence-corrected chi connectivity index (χ2v) is 4.90. The molecule has 0 aliphatic rings. The Bertz CT molecular complexity index is 396. The van der Waals surface area contributed by atoms with E-state index in [1.807, 2.05) is 20.0 Å². The second kappa shape index (κ2) is 10.5. The average molecular weight is 295 g/mol. The van der Waals surface area contributed by atoms with Crippen molar-refractivity contribution in [2.24, 2.45) is 0 Å². The Morgan fingerprint density at radius 1 is 1.00 bits per heavy atom. The van der Waals surface area contributed by atoms with Crippen LogP contribution in [0.15, 0.2) is 18.2 Å². The van der Waals surface area contributed by atoms with Gasteiger partial charge in [0, 0.05) is 6.61 Å². The van der Waals surface area contributed by atoms with Crippen LogP contribution in [0.25, 0.3) is 0 Å². The maximum atomic E-state index is 5.83. The predicted octanol–water partition coefficient (Wildman–Crippen LogP) is 3.56. The van der Waals surface area contributed by atoms with Crippen LogP contribution in [-0.2, 0) is 4.74 Å². The zero-order valence-corrected chi connectivity index (χ0v) is 13.8. The molecule has 4 heteroatoms. The Labute approximate surface area is 128 Å². The van der Waals surface area contributed by atoms with Gasteiger partial charge < -0.3 is 19.5 Å². The lowest BCUT2D eigenvalue weighted by atomic mass is 10.1. The molecule has 1 aromatic rings. The molecule has 1 atom stereocenters. The summed E-state index contributed by atoms with van der Waals surface area (Å²) in [5.41, 5.74) is 1.15. The first-order chi connectivity index (χ1) is 10.3. The van der Waals surface area contributed by atoms with Gasteiger partial charge in [-0.3, -0.25) is 0 Å². The van der Waals surface area contributed by atoms with Crippen molar-refractivity contribution in [1.29, 1.82) is 0 Å². The van der Waals surface area contributed by atoms with Gasteiger partial charge in [0.25, 0.3) is 0 Å². The van der Waals surface area contributed by atoms with Crippen molar-refractivity contribution in [3.8, 4) is 11.5 Å². The van der Waals surface area contributed by atoms with Gasteiger partial charge in [0.15, 0.2) is 11.5 Å². The molecule has 0 saturated carbocycles. The third-order valence-electron chi connectivity index (χ3n) is 3.13. The fraction of sp³-hybridized carbons (Fsp3) is 0.647. The summed E-state index contributed by atoms with van der Waals surface area (Å²) in [5.74, 6) is 1.64. The van der Waals surface area contributed by atoms with Gasteiger partial charge in [-0.1, -0.05) is 19.9 Å². The maximum Gasteiger partial charge on any atom is 0.161 e. The Morgan fingerprint density at radius 3 is 2.24 bits per heavy atom. The quantitative estimate of drug-likeness (QED) is 0.677. The lowest BCUT2D eigenvalue weighted by Gasteiger charge is -2.19. The molecule has 0 aliphatic heterocycles. The van der Waals surface area contributed by atoms with Crippen LogP contribution in [0.3, 0.4) is 0 Å². The van der Waals surface area contributed by atoms with Gasteiger partial charge in [0.2, 0.25) is 0 Å². The Morgan fingerprint density at radius 2 is 1.67 bits per heavy atom. The number of benzene rings is 1. The van der Waals surface area contributed by atoms with E-state index in [9.17, 15) is 0 Å². The van der Waals surface area contributed by atoms with Crippen LogP contribution in [0.4, 0.5) is 0 Å². The highest BCUT2D eigenvalue weighted by atomic mass is 16.5. The van der Waals surface area contributed by atoms with E-state index in [1.165, 1.54) is 0 Å². The molecule has 0 aromatic heterocycles. The van der Waals surface area contributed by atoms with E-state index in [0.717, 1.165) is 36.5 Å². The number of rotatable bonds is 11. The largest absolute Gasteiger partial charge is 0.490 e. The van der Waals surface area contributed by atoms with Crippen LogP contribution < -0.4 is 14.8 Å². The van der Waals surface area contributed by atoms with E-state index in [2.05, 4.69) is 31.3 Å². The van der Waals surface area contributed by atoms with Crippen LogP contribution in [0.5, 0.6) is 11.5 Å². The molecule has 0 aliphatic carbocycles. The van der Waals surface area contributed by atoms with Gasteiger partial charge >= 0.3 is 0 Å². The number of likely N-dealkylation sites (N-methyl/N-ethyl adjacent to an activating group) is 1. The summed E-state index contributed by atoms with van der Waals surface area (Å²) in [6.45, 7) is 8.97. The first-order valence-electron chi connectivity index (χ1n) is 7.91. The van der Waals surface area contributed by atoms with Gasteiger partial charge in [-0.25, -0.2) is 0 Å². The van der Waals surface area contributed by atoms with Crippen LogP contribution >= 0.6 is 0 Å². The zero-order chi connectivity index (χ0) is 15.5. The van der Waals surface area contributed by atoms with E-state index in [1.54, 1.807) is 0 Å². The molecular formula is C17H29NO3. The monoisotopic (exact) mass is 295 g/mol. The molecule has 0 heterocycles. The lowest BCUT2D eigenvalue weighted by Crippen LogP contribution is -2.22. The summed E-state index contributed by atoms with van der Waals surface area (Å²) in [6, 6.07) is 6.28. The third-order valence-corrected chi connectivity index (χ3v) is 3.13.